The molecule has 0 aliphatic rings. The summed E-state index contributed by atoms with van der Waals surface area (Å²) < 4.78 is 28.9. The van der Waals surface area contributed by atoms with Gasteiger partial charge in [0.1, 0.15) is 11.6 Å². The molecule has 0 radical (unpaired) electrons. The summed E-state index contributed by atoms with van der Waals surface area (Å²) in [6.45, 7) is 1.21. The molecule has 1 atom stereocenters. The van der Waals surface area contributed by atoms with Crippen LogP contribution in [0.15, 0.2) is 52.9 Å². The van der Waals surface area contributed by atoms with E-state index in [9.17, 15) is 9.18 Å². The summed E-state index contributed by atoms with van der Waals surface area (Å²) in [6.07, 6.45) is -0.750. The molecule has 0 N–H and O–H groups in total. The molecule has 6 nitrogen and oxygen atoms in total. The number of esters is 1. The first-order valence-corrected chi connectivity index (χ1v) is 8.07. The molecule has 1 aromatic heterocycles. The van der Waals surface area contributed by atoms with Crippen molar-refractivity contribution in [2.45, 2.75) is 13.0 Å². The van der Waals surface area contributed by atoms with Crippen LogP contribution in [0.25, 0.3) is 11.5 Å². The van der Waals surface area contributed by atoms with Gasteiger partial charge in [-0.3, -0.25) is 0 Å². The Kier molecular flexibility index (Phi) is 5.48. The van der Waals surface area contributed by atoms with Crippen LogP contribution >= 0.6 is 11.6 Å². The van der Waals surface area contributed by atoms with Gasteiger partial charge in [0.25, 0.3) is 5.89 Å². The Labute approximate surface area is 153 Å². The lowest BCUT2D eigenvalue weighted by Gasteiger charge is -2.11. The highest BCUT2D eigenvalue weighted by Gasteiger charge is 2.19. The third-order valence-corrected chi connectivity index (χ3v) is 3.65. The molecule has 1 heterocycles. The molecular weight excluding hydrogens is 363 g/mol. The molecule has 0 unspecified atom stereocenters. The average Bonchev–Trinajstić information content (AvgIpc) is 3.12. The van der Waals surface area contributed by atoms with Crippen LogP contribution in [-0.4, -0.2) is 22.8 Å². The van der Waals surface area contributed by atoms with E-state index in [-0.39, 0.29) is 16.7 Å². The van der Waals surface area contributed by atoms with E-state index in [4.69, 9.17) is 25.5 Å². The Morgan fingerprint density at radius 3 is 2.73 bits per heavy atom. The minimum atomic E-state index is -0.750. The number of halogens is 2. The lowest BCUT2D eigenvalue weighted by atomic mass is 10.2. The number of hydrogen-bond acceptors (Lipinski definition) is 6. The van der Waals surface area contributed by atoms with Crippen molar-refractivity contribution in [1.29, 1.82) is 0 Å². The van der Waals surface area contributed by atoms with Crippen LogP contribution in [0.5, 0.6) is 5.75 Å². The van der Waals surface area contributed by atoms with E-state index in [1.165, 1.54) is 12.1 Å². The van der Waals surface area contributed by atoms with E-state index in [1.807, 2.05) is 30.3 Å². The molecule has 0 fully saturated rings. The molecule has 3 rings (SSSR count). The van der Waals surface area contributed by atoms with Gasteiger partial charge in [0.05, 0.1) is 5.02 Å². The third kappa shape index (κ3) is 4.37. The molecule has 8 heteroatoms. The summed E-state index contributed by atoms with van der Waals surface area (Å²) in [5, 5.41) is 7.89. The smallest absolute Gasteiger partial charge is 0.344 e. The predicted octanol–water partition coefficient (Wildman–Crippen LogP) is 4.21. The van der Waals surface area contributed by atoms with Crippen LogP contribution in [0, 0.1) is 5.82 Å². The van der Waals surface area contributed by atoms with Gasteiger partial charge < -0.3 is 13.9 Å². The number of nitrogens with zero attached hydrogens (tertiary/aromatic N) is 2. The molecule has 2 aromatic carbocycles. The number of aromatic nitrogens is 2. The predicted molar refractivity (Wildman–Crippen MR) is 91.1 cm³/mol. The van der Waals surface area contributed by atoms with Gasteiger partial charge >= 0.3 is 5.97 Å². The zero-order chi connectivity index (χ0) is 18.5. The standard InChI is InChI=1S/C18H14ClFN2O4/c1-11(17-21-22-18(26-17)12-5-3-2-4-6-12)25-16(23)10-24-15-8-7-13(20)9-14(15)19/h2-9,11H,10H2,1H3/t11-/m1/s1. The topological polar surface area (TPSA) is 74.5 Å². The van der Waals surface area contributed by atoms with Crippen LogP contribution in [0.1, 0.15) is 18.9 Å². The van der Waals surface area contributed by atoms with Crippen molar-refractivity contribution in [3.8, 4) is 17.2 Å². The van der Waals surface area contributed by atoms with Crippen molar-refractivity contribution in [2.75, 3.05) is 6.61 Å². The SMILES string of the molecule is C[C@@H](OC(=O)COc1ccc(F)cc1Cl)c1nnc(-c2ccccc2)o1. The van der Waals surface area contributed by atoms with Gasteiger partial charge in [0, 0.05) is 5.56 Å². The molecule has 26 heavy (non-hydrogen) atoms. The minimum absolute atomic E-state index is 0.0650. The van der Waals surface area contributed by atoms with E-state index in [1.54, 1.807) is 6.92 Å². The number of ether oxygens (including phenoxy) is 2. The normalized spacial score (nSPS) is 11.8. The Balaban J connectivity index is 1.57. The first-order valence-electron chi connectivity index (χ1n) is 7.69. The number of carbonyl (C=O) groups is 1. The lowest BCUT2D eigenvalue weighted by Crippen LogP contribution is -2.17. The summed E-state index contributed by atoms with van der Waals surface area (Å²) in [6, 6.07) is 12.8. The van der Waals surface area contributed by atoms with Gasteiger partial charge in [-0.25, -0.2) is 9.18 Å². The van der Waals surface area contributed by atoms with Gasteiger partial charge in [0.15, 0.2) is 12.7 Å². The van der Waals surface area contributed by atoms with Crippen LogP contribution in [-0.2, 0) is 9.53 Å². The zero-order valence-electron chi connectivity index (χ0n) is 13.7. The van der Waals surface area contributed by atoms with E-state index in [2.05, 4.69) is 10.2 Å². The summed E-state index contributed by atoms with van der Waals surface area (Å²) in [5.74, 6) is -0.474. The fourth-order valence-corrected chi connectivity index (χ4v) is 2.33. The van der Waals surface area contributed by atoms with Gasteiger partial charge in [-0.15, -0.1) is 10.2 Å². The van der Waals surface area contributed by atoms with Crippen molar-refractivity contribution < 1.29 is 23.1 Å². The molecule has 0 aliphatic heterocycles. The van der Waals surface area contributed by atoms with Crippen molar-refractivity contribution in [2.24, 2.45) is 0 Å². The molecule has 0 amide bonds. The number of rotatable bonds is 6. The molecule has 0 aliphatic carbocycles. The van der Waals surface area contributed by atoms with Gasteiger partial charge in [-0.05, 0) is 37.3 Å². The number of carbonyl (C=O) groups excluding carboxylic acids is 1. The second-order valence-corrected chi connectivity index (χ2v) is 5.71. The molecule has 0 spiro atoms. The number of hydrogen-bond donors (Lipinski definition) is 0. The number of benzene rings is 2. The molecule has 0 saturated carbocycles. The third-order valence-electron chi connectivity index (χ3n) is 3.36. The second kappa shape index (κ2) is 7.97. The van der Waals surface area contributed by atoms with Crippen molar-refractivity contribution in [3.05, 3.63) is 65.3 Å². The Hall–Kier alpha value is -2.93. The summed E-state index contributed by atoms with van der Waals surface area (Å²) in [5.41, 5.74) is 0.763. The summed E-state index contributed by atoms with van der Waals surface area (Å²) in [4.78, 5) is 11.9. The molecule has 134 valence electrons. The fourth-order valence-electron chi connectivity index (χ4n) is 2.11. The van der Waals surface area contributed by atoms with Crippen molar-refractivity contribution in [1.82, 2.24) is 10.2 Å². The van der Waals surface area contributed by atoms with E-state index >= 15 is 0 Å². The maximum Gasteiger partial charge on any atom is 0.344 e. The largest absolute Gasteiger partial charge is 0.480 e. The Morgan fingerprint density at radius 1 is 1.23 bits per heavy atom. The fraction of sp³-hybridized carbons (Fsp3) is 0.167. The first kappa shape index (κ1) is 17.9. The first-order chi connectivity index (χ1) is 12.5. The van der Waals surface area contributed by atoms with Crippen LogP contribution in [0.2, 0.25) is 5.02 Å². The minimum Gasteiger partial charge on any atom is -0.480 e. The molecule has 3 aromatic rings. The maximum absolute atomic E-state index is 13.0. The summed E-state index contributed by atoms with van der Waals surface area (Å²) >= 11 is 5.83. The Bertz CT molecular complexity index is 901. The molecule has 0 saturated heterocycles. The van der Waals surface area contributed by atoms with Crippen molar-refractivity contribution >= 4 is 17.6 Å². The van der Waals surface area contributed by atoms with Crippen LogP contribution < -0.4 is 4.74 Å². The van der Waals surface area contributed by atoms with E-state index < -0.39 is 24.5 Å². The Morgan fingerprint density at radius 2 is 2.00 bits per heavy atom. The van der Waals surface area contributed by atoms with E-state index in [0.717, 1.165) is 11.6 Å². The molecular formula is C18H14ClFN2O4. The zero-order valence-corrected chi connectivity index (χ0v) is 14.4. The maximum atomic E-state index is 13.0. The van der Waals surface area contributed by atoms with Gasteiger partial charge in [-0.1, -0.05) is 29.8 Å². The monoisotopic (exact) mass is 376 g/mol. The van der Waals surface area contributed by atoms with Crippen molar-refractivity contribution in [3.63, 3.8) is 0 Å². The quantitative estimate of drug-likeness (QED) is 0.600. The molecule has 0 bridgehead atoms. The van der Waals surface area contributed by atoms with Gasteiger partial charge in [-0.2, -0.15) is 0 Å². The lowest BCUT2D eigenvalue weighted by molar-refractivity contribution is -0.152. The van der Waals surface area contributed by atoms with E-state index in [0.29, 0.717) is 5.89 Å². The second-order valence-electron chi connectivity index (χ2n) is 5.31. The van der Waals surface area contributed by atoms with Crippen LogP contribution in [0.3, 0.4) is 0 Å². The van der Waals surface area contributed by atoms with Crippen LogP contribution in [0.4, 0.5) is 4.39 Å². The van der Waals surface area contributed by atoms with Gasteiger partial charge in [0.2, 0.25) is 5.89 Å². The highest BCUT2D eigenvalue weighted by molar-refractivity contribution is 6.32. The highest BCUT2D eigenvalue weighted by Crippen LogP contribution is 2.25. The average molecular weight is 377 g/mol. The highest BCUT2D eigenvalue weighted by atomic mass is 35.5. The summed E-state index contributed by atoms with van der Waals surface area (Å²) in [7, 11) is 0.